The van der Waals surface area contributed by atoms with Gasteiger partial charge < -0.3 is 15.7 Å². The molecule has 0 radical (unpaired) electrons. The van der Waals surface area contributed by atoms with Crippen LogP contribution in [0.15, 0.2) is 21.8 Å². The van der Waals surface area contributed by atoms with Gasteiger partial charge in [-0.15, -0.1) is 0 Å². The number of sulfone groups is 1. The van der Waals surface area contributed by atoms with E-state index in [9.17, 15) is 13.5 Å². The first-order valence-electron chi connectivity index (χ1n) is 7.99. The summed E-state index contributed by atoms with van der Waals surface area (Å²) in [6.45, 7) is 9.83. The standard InChI is InChI=1S/C16H29N3O3S2/c1-6-17-14(18-8-10-24(21,22)15(2,3)4)19-12-16(5,20)13-7-9-23-11-13/h7,9,11,20H,6,8,10,12H2,1-5H3,(H2,17,18,19). The molecule has 0 fully saturated rings. The number of aliphatic hydroxyl groups is 1. The van der Waals surface area contributed by atoms with Crippen LogP contribution in [0.2, 0.25) is 0 Å². The lowest BCUT2D eigenvalue weighted by molar-refractivity contribution is 0.0677. The van der Waals surface area contributed by atoms with E-state index in [2.05, 4.69) is 15.6 Å². The fourth-order valence-corrected chi connectivity index (χ4v) is 3.61. The van der Waals surface area contributed by atoms with Crippen molar-refractivity contribution < 1.29 is 13.5 Å². The average molecular weight is 376 g/mol. The first-order chi connectivity index (χ1) is 11.0. The molecule has 8 heteroatoms. The Labute approximate surface area is 149 Å². The Morgan fingerprint density at radius 1 is 1.29 bits per heavy atom. The quantitative estimate of drug-likeness (QED) is 0.499. The maximum absolute atomic E-state index is 12.1. The SMILES string of the molecule is CCNC(=NCC(C)(O)c1ccsc1)NCCS(=O)(=O)C(C)(C)C. The topological polar surface area (TPSA) is 90.8 Å². The first-order valence-corrected chi connectivity index (χ1v) is 10.6. The molecule has 1 atom stereocenters. The molecule has 6 nitrogen and oxygen atoms in total. The summed E-state index contributed by atoms with van der Waals surface area (Å²) in [4.78, 5) is 4.38. The van der Waals surface area contributed by atoms with E-state index < -0.39 is 20.2 Å². The zero-order valence-electron chi connectivity index (χ0n) is 15.1. The number of hydrogen-bond acceptors (Lipinski definition) is 5. The molecule has 1 aromatic heterocycles. The molecule has 0 aliphatic carbocycles. The highest BCUT2D eigenvalue weighted by Gasteiger charge is 2.28. The summed E-state index contributed by atoms with van der Waals surface area (Å²) in [6, 6.07) is 1.87. The zero-order chi connectivity index (χ0) is 18.4. The third-order valence-corrected chi connectivity index (χ3v) is 6.92. The Morgan fingerprint density at radius 3 is 2.46 bits per heavy atom. The fourth-order valence-electron chi connectivity index (χ4n) is 1.85. The van der Waals surface area contributed by atoms with E-state index in [0.717, 1.165) is 5.56 Å². The molecule has 0 aromatic carbocycles. The minimum absolute atomic E-state index is 0.0296. The number of nitrogens with zero attached hydrogens (tertiary/aromatic N) is 1. The Hall–Kier alpha value is -1.12. The lowest BCUT2D eigenvalue weighted by Crippen LogP contribution is -2.42. The van der Waals surface area contributed by atoms with Gasteiger partial charge in [0.1, 0.15) is 5.60 Å². The lowest BCUT2D eigenvalue weighted by atomic mass is 10.00. The normalized spacial score (nSPS) is 15.8. The van der Waals surface area contributed by atoms with Crippen molar-refractivity contribution in [2.24, 2.45) is 4.99 Å². The van der Waals surface area contributed by atoms with Crippen molar-refractivity contribution in [1.82, 2.24) is 10.6 Å². The second kappa shape index (κ2) is 8.31. The van der Waals surface area contributed by atoms with E-state index in [-0.39, 0.29) is 18.8 Å². The molecule has 24 heavy (non-hydrogen) atoms. The van der Waals surface area contributed by atoms with Gasteiger partial charge in [-0.2, -0.15) is 11.3 Å². The van der Waals surface area contributed by atoms with E-state index in [1.165, 1.54) is 11.3 Å². The van der Waals surface area contributed by atoms with Gasteiger partial charge in [-0.25, -0.2) is 13.4 Å². The molecule has 3 N–H and O–H groups in total. The molecule has 1 aromatic rings. The third-order valence-electron chi connectivity index (χ3n) is 3.63. The van der Waals surface area contributed by atoms with Crippen LogP contribution in [0, 0.1) is 0 Å². The van der Waals surface area contributed by atoms with E-state index in [1.807, 2.05) is 23.8 Å². The van der Waals surface area contributed by atoms with Gasteiger partial charge in [0, 0.05) is 13.1 Å². The number of rotatable bonds is 7. The summed E-state index contributed by atoms with van der Waals surface area (Å²) >= 11 is 1.52. The van der Waals surface area contributed by atoms with Crippen molar-refractivity contribution in [3.63, 3.8) is 0 Å². The van der Waals surface area contributed by atoms with Crippen LogP contribution in [0.4, 0.5) is 0 Å². The van der Waals surface area contributed by atoms with Crippen LogP contribution in [0.25, 0.3) is 0 Å². The summed E-state index contributed by atoms with van der Waals surface area (Å²) in [5.74, 6) is 0.527. The van der Waals surface area contributed by atoms with Crippen LogP contribution in [-0.4, -0.2) is 49.6 Å². The van der Waals surface area contributed by atoms with Gasteiger partial charge in [0.05, 0.1) is 17.0 Å². The molecular formula is C16H29N3O3S2. The highest BCUT2D eigenvalue weighted by molar-refractivity contribution is 7.92. The van der Waals surface area contributed by atoms with Gasteiger partial charge in [-0.1, -0.05) is 0 Å². The summed E-state index contributed by atoms with van der Waals surface area (Å²) in [5.41, 5.74) is -0.234. The molecule has 1 heterocycles. The second-order valence-corrected chi connectivity index (χ2v) is 10.5. The molecule has 0 saturated heterocycles. The van der Waals surface area contributed by atoms with E-state index >= 15 is 0 Å². The average Bonchev–Trinajstić information content (AvgIpc) is 2.98. The van der Waals surface area contributed by atoms with Crippen molar-refractivity contribution in [2.75, 3.05) is 25.4 Å². The number of nitrogens with one attached hydrogen (secondary N) is 2. The van der Waals surface area contributed by atoms with Crippen molar-refractivity contribution in [3.8, 4) is 0 Å². The molecule has 0 bridgehead atoms. The van der Waals surface area contributed by atoms with Gasteiger partial charge in [0.2, 0.25) is 0 Å². The molecule has 0 aliphatic heterocycles. The van der Waals surface area contributed by atoms with Crippen molar-refractivity contribution in [3.05, 3.63) is 22.4 Å². The van der Waals surface area contributed by atoms with E-state index in [1.54, 1.807) is 27.7 Å². The van der Waals surface area contributed by atoms with Crippen LogP contribution in [0.3, 0.4) is 0 Å². The molecule has 0 aliphatic rings. The molecule has 138 valence electrons. The molecular weight excluding hydrogens is 346 g/mol. The van der Waals surface area contributed by atoms with Crippen LogP contribution in [0.5, 0.6) is 0 Å². The van der Waals surface area contributed by atoms with Gasteiger partial charge in [0.15, 0.2) is 15.8 Å². The zero-order valence-corrected chi connectivity index (χ0v) is 16.7. The van der Waals surface area contributed by atoms with E-state index in [0.29, 0.717) is 12.5 Å². The highest BCUT2D eigenvalue weighted by Crippen LogP contribution is 2.23. The maximum Gasteiger partial charge on any atom is 0.191 e. The first kappa shape index (κ1) is 20.9. The van der Waals surface area contributed by atoms with Crippen molar-refractivity contribution >= 4 is 27.1 Å². The van der Waals surface area contributed by atoms with Gasteiger partial charge in [0.25, 0.3) is 0 Å². The Bertz CT molecular complexity index is 630. The van der Waals surface area contributed by atoms with Crippen LogP contribution in [0.1, 0.15) is 40.2 Å². The third kappa shape index (κ3) is 6.07. The number of guanidine groups is 1. The number of thiophene rings is 1. The molecule has 1 rings (SSSR count). The molecule has 1 unspecified atom stereocenters. The van der Waals surface area contributed by atoms with Crippen molar-refractivity contribution in [2.45, 2.75) is 45.0 Å². The van der Waals surface area contributed by atoms with Gasteiger partial charge in [-0.3, -0.25) is 0 Å². The van der Waals surface area contributed by atoms with Gasteiger partial charge in [-0.05, 0) is 57.0 Å². The monoisotopic (exact) mass is 375 g/mol. The Kier molecular flexibility index (Phi) is 7.25. The lowest BCUT2D eigenvalue weighted by Gasteiger charge is -2.22. The Morgan fingerprint density at radius 2 is 1.96 bits per heavy atom. The summed E-state index contributed by atoms with van der Waals surface area (Å²) in [7, 11) is -3.18. The minimum Gasteiger partial charge on any atom is -0.383 e. The van der Waals surface area contributed by atoms with Crippen molar-refractivity contribution in [1.29, 1.82) is 0 Å². The molecule has 0 amide bonds. The summed E-state index contributed by atoms with van der Waals surface area (Å²) < 4.78 is 23.5. The minimum atomic E-state index is -3.18. The van der Waals surface area contributed by atoms with Gasteiger partial charge >= 0.3 is 0 Å². The van der Waals surface area contributed by atoms with Crippen LogP contribution >= 0.6 is 11.3 Å². The predicted octanol–water partition coefficient (Wildman–Crippen LogP) is 1.72. The maximum atomic E-state index is 12.1. The number of aliphatic imine (C=N–C) groups is 1. The van der Waals surface area contributed by atoms with Crippen LogP contribution < -0.4 is 10.6 Å². The molecule has 0 spiro atoms. The number of hydrogen-bond donors (Lipinski definition) is 3. The smallest absolute Gasteiger partial charge is 0.191 e. The van der Waals surface area contributed by atoms with Crippen LogP contribution in [-0.2, 0) is 15.4 Å². The van der Waals surface area contributed by atoms with E-state index in [4.69, 9.17) is 0 Å². The molecule has 0 saturated carbocycles. The predicted molar refractivity (Wildman–Crippen MR) is 101 cm³/mol. The Balaban J connectivity index is 2.67. The fraction of sp³-hybridized carbons (Fsp3) is 0.688. The second-order valence-electron chi connectivity index (χ2n) is 6.84. The highest BCUT2D eigenvalue weighted by atomic mass is 32.2. The summed E-state index contributed by atoms with van der Waals surface area (Å²) in [5, 5.41) is 20.4. The largest absolute Gasteiger partial charge is 0.383 e. The summed E-state index contributed by atoms with van der Waals surface area (Å²) in [6.07, 6.45) is 0.